The molecule has 0 radical (unpaired) electrons. The van der Waals surface area contributed by atoms with Gasteiger partial charge in [0.2, 0.25) is 0 Å². The molecule has 90 valence electrons. The largest absolute Gasteiger partial charge is 0.468 e. The number of hydrogen-bond acceptors (Lipinski definition) is 3. The predicted molar refractivity (Wildman–Crippen MR) is 62.8 cm³/mol. The Hall–Kier alpha value is -0.570. The standard InChI is InChI=1S/C12H25NO2/c1-6-11(7-2)9-13(8-3)10(4)12(14)15-5/h10-11H,6-9H2,1-5H3. The Morgan fingerprint density at radius 2 is 1.80 bits per heavy atom. The number of carbonyl (C=O) groups is 1. The zero-order valence-corrected chi connectivity index (χ0v) is 10.7. The minimum absolute atomic E-state index is 0.124. The second-order valence-corrected chi connectivity index (χ2v) is 3.97. The Morgan fingerprint density at radius 1 is 1.27 bits per heavy atom. The van der Waals surface area contributed by atoms with Gasteiger partial charge in [0.25, 0.3) is 0 Å². The van der Waals surface area contributed by atoms with Crippen molar-refractivity contribution in [2.24, 2.45) is 5.92 Å². The van der Waals surface area contributed by atoms with E-state index >= 15 is 0 Å². The SMILES string of the molecule is CCC(CC)CN(CC)C(C)C(=O)OC. The average Bonchev–Trinajstić information content (AvgIpc) is 2.29. The van der Waals surface area contributed by atoms with Crippen molar-refractivity contribution in [2.75, 3.05) is 20.2 Å². The van der Waals surface area contributed by atoms with Crippen molar-refractivity contribution in [3.05, 3.63) is 0 Å². The molecule has 0 saturated heterocycles. The molecule has 0 amide bonds. The van der Waals surface area contributed by atoms with Gasteiger partial charge in [-0.2, -0.15) is 0 Å². The zero-order valence-electron chi connectivity index (χ0n) is 10.7. The van der Waals surface area contributed by atoms with Crippen LogP contribution < -0.4 is 0 Å². The summed E-state index contributed by atoms with van der Waals surface area (Å²) in [4.78, 5) is 13.6. The molecule has 0 aliphatic rings. The average molecular weight is 215 g/mol. The van der Waals surface area contributed by atoms with Gasteiger partial charge < -0.3 is 4.74 Å². The van der Waals surface area contributed by atoms with Gasteiger partial charge in [-0.25, -0.2) is 0 Å². The van der Waals surface area contributed by atoms with E-state index < -0.39 is 0 Å². The van der Waals surface area contributed by atoms with Gasteiger partial charge in [-0.3, -0.25) is 9.69 Å². The van der Waals surface area contributed by atoms with Gasteiger partial charge in [-0.1, -0.05) is 33.6 Å². The molecule has 0 aromatic rings. The molecule has 0 aromatic heterocycles. The molecular weight excluding hydrogens is 190 g/mol. The highest BCUT2D eigenvalue weighted by atomic mass is 16.5. The van der Waals surface area contributed by atoms with Crippen LogP contribution in [0.4, 0.5) is 0 Å². The highest BCUT2D eigenvalue weighted by Gasteiger charge is 2.22. The van der Waals surface area contributed by atoms with Gasteiger partial charge in [0.15, 0.2) is 0 Å². The van der Waals surface area contributed by atoms with Crippen LogP contribution in [-0.2, 0) is 9.53 Å². The first-order valence-corrected chi connectivity index (χ1v) is 5.92. The molecule has 0 aliphatic heterocycles. The van der Waals surface area contributed by atoms with E-state index in [9.17, 15) is 4.79 Å². The van der Waals surface area contributed by atoms with Crippen molar-refractivity contribution in [1.82, 2.24) is 4.90 Å². The second-order valence-electron chi connectivity index (χ2n) is 3.97. The minimum atomic E-state index is -0.136. The van der Waals surface area contributed by atoms with Crippen LogP contribution >= 0.6 is 0 Å². The zero-order chi connectivity index (χ0) is 11.8. The van der Waals surface area contributed by atoms with E-state index in [4.69, 9.17) is 4.74 Å². The van der Waals surface area contributed by atoms with Crippen LogP contribution in [0, 0.1) is 5.92 Å². The molecule has 0 N–H and O–H groups in total. The van der Waals surface area contributed by atoms with E-state index in [1.807, 2.05) is 6.92 Å². The monoisotopic (exact) mass is 215 g/mol. The Bertz CT molecular complexity index is 178. The third-order valence-corrected chi connectivity index (χ3v) is 3.14. The summed E-state index contributed by atoms with van der Waals surface area (Å²) in [5, 5.41) is 0. The third-order valence-electron chi connectivity index (χ3n) is 3.14. The summed E-state index contributed by atoms with van der Waals surface area (Å²) in [7, 11) is 1.45. The Kier molecular flexibility index (Phi) is 7.39. The molecule has 3 heteroatoms. The Labute approximate surface area is 93.8 Å². The lowest BCUT2D eigenvalue weighted by atomic mass is 10.0. The molecule has 0 aliphatic carbocycles. The van der Waals surface area contributed by atoms with E-state index in [1.165, 1.54) is 20.0 Å². The smallest absolute Gasteiger partial charge is 0.322 e. The first-order valence-electron chi connectivity index (χ1n) is 5.92. The summed E-state index contributed by atoms with van der Waals surface area (Å²) in [6.07, 6.45) is 2.34. The molecule has 0 aromatic carbocycles. The number of carbonyl (C=O) groups excluding carboxylic acids is 1. The fourth-order valence-electron chi connectivity index (χ4n) is 1.76. The molecule has 1 atom stereocenters. The molecule has 0 rings (SSSR count). The lowest BCUT2D eigenvalue weighted by molar-refractivity contribution is -0.146. The van der Waals surface area contributed by atoms with Crippen LogP contribution in [-0.4, -0.2) is 37.1 Å². The topological polar surface area (TPSA) is 29.5 Å². The number of ether oxygens (including phenoxy) is 1. The third kappa shape index (κ3) is 4.65. The molecule has 0 spiro atoms. The van der Waals surface area contributed by atoms with E-state index in [0.717, 1.165) is 13.1 Å². The summed E-state index contributed by atoms with van der Waals surface area (Å²) < 4.78 is 4.76. The quantitative estimate of drug-likeness (QED) is 0.610. The van der Waals surface area contributed by atoms with Gasteiger partial charge in [0, 0.05) is 6.54 Å². The van der Waals surface area contributed by atoms with E-state index in [1.54, 1.807) is 0 Å². The Balaban J connectivity index is 4.28. The molecule has 3 nitrogen and oxygen atoms in total. The fourth-order valence-corrected chi connectivity index (χ4v) is 1.76. The molecule has 1 unspecified atom stereocenters. The lowest BCUT2D eigenvalue weighted by Crippen LogP contribution is -2.42. The number of rotatable bonds is 7. The number of nitrogens with zero attached hydrogens (tertiary/aromatic N) is 1. The number of likely N-dealkylation sites (N-methyl/N-ethyl adjacent to an activating group) is 1. The van der Waals surface area contributed by atoms with Crippen LogP contribution in [0.25, 0.3) is 0 Å². The van der Waals surface area contributed by atoms with Gasteiger partial charge in [0.05, 0.1) is 7.11 Å². The Morgan fingerprint density at radius 3 is 2.13 bits per heavy atom. The maximum absolute atomic E-state index is 11.4. The van der Waals surface area contributed by atoms with Gasteiger partial charge in [-0.05, 0) is 19.4 Å². The maximum atomic E-state index is 11.4. The van der Waals surface area contributed by atoms with Crippen molar-refractivity contribution >= 4 is 5.97 Å². The number of hydrogen-bond donors (Lipinski definition) is 0. The van der Waals surface area contributed by atoms with Crippen molar-refractivity contribution in [2.45, 2.75) is 46.6 Å². The minimum Gasteiger partial charge on any atom is -0.468 e. The summed E-state index contributed by atoms with van der Waals surface area (Å²) >= 11 is 0. The predicted octanol–water partition coefficient (Wildman–Crippen LogP) is 2.31. The van der Waals surface area contributed by atoms with E-state index in [-0.39, 0.29) is 12.0 Å². The highest BCUT2D eigenvalue weighted by Crippen LogP contribution is 2.12. The fraction of sp³-hybridized carbons (Fsp3) is 0.917. The van der Waals surface area contributed by atoms with Crippen molar-refractivity contribution < 1.29 is 9.53 Å². The van der Waals surface area contributed by atoms with Crippen molar-refractivity contribution in [3.8, 4) is 0 Å². The van der Waals surface area contributed by atoms with E-state index in [2.05, 4.69) is 25.7 Å². The first-order chi connectivity index (χ1) is 7.10. The van der Waals surface area contributed by atoms with Gasteiger partial charge >= 0.3 is 5.97 Å². The molecular formula is C12H25NO2. The maximum Gasteiger partial charge on any atom is 0.322 e. The summed E-state index contributed by atoms with van der Waals surface area (Å²) in [5.74, 6) is 0.542. The summed E-state index contributed by atoms with van der Waals surface area (Å²) in [6, 6.07) is -0.124. The van der Waals surface area contributed by atoms with Crippen LogP contribution in [0.3, 0.4) is 0 Å². The normalized spacial score (nSPS) is 13.3. The summed E-state index contributed by atoms with van der Waals surface area (Å²) in [5.41, 5.74) is 0. The van der Waals surface area contributed by atoms with Crippen LogP contribution in [0.15, 0.2) is 0 Å². The molecule has 0 fully saturated rings. The van der Waals surface area contributed by atoms with Gasteiger partial charge in [0.1, 0.15) is 6.04 Å². The molecule has 0 bridgehead atoms. The van der Waals surface area contributed by atoms with E-state index in [0.29, 0.717) is 5.92 Å². The van der Waals surface area contributed by atoms with Crippen LogP contribution in [0.1, 0.15) is 40.5 Å². The molecule has 0 heterocycles. The number of methoxy groups -OCH3 is 1. The highest BCUT2D eigenvalue weighted by molar-refractivity contribution is 5.75. The van der Waals surface area contributed by atoms with Crippen molar-refractivity contribution in [3.63, 3.8) is 0 Å². The lowest BCUT2D eigenvalue weighted by Gasteiger charge is -2.29. The van der Waals surface area contributed by atoms with Crippen molar-refractivity contribution in [1.29, 1.82) is 0 Å². The first kappa shape index (κ1) is 14.4. The van der Waals surface area contributed by atoms with Gasteiger partial charge in [-0.15, -0.1) is 0 Å². The van der Waals surface area contributed by atoms with Crippen LogP contribution in [0.2, 0.25) is 0 Å². The number of esters is 1. The second kappa shape index (κ2) is 7.69. The molecule has 0 saturated carbocycles. The van der Waals surface area contributed by atoms with Crippen LogP contribution in [0.5, 0.6) is 0 Å². The molecule has 15 heavy (non-hydrogen) atoms. The summed E-state index contributed by atoms with van der Waals surface area (Å²) in [6.45, 7) is 10.3.